The number of hydrogen-bond acceptors (Lipinski definition) is 2. The lowest BCUT2D eigenvalue weighted by atomic mass is 10.2. The van der Waals surface area contributed by atoms with Crippen molar-refractivity contribution in [1.29, 1.82) is 0 Å². The molecule has 0 heterocycles. The highest BCUT2D eigenvalue weighted by atomic mass is 16.5. The van der Waals surface area contributed by atoms with Crippen molar-refractivity contribution < 1.29 is 9.53 Å². The molecular weight excluding hydrogens is 176 g/mol. The normalized spacial score (nSPS) is 10.4. The number of ketones is 1. The van der Waals surface area contributed by atoms with Gasteiger partial charge in [0.15, 0.2) is 12.4 Å². The summed E-state index contributed by atoms with van der Waals surface area (Å²) in [5.41, 5.74) is 1.04. The van der Waals surface area contributed by atoms with Gasteiger partial charge in [-0.15, -0.1) is 0 Å². The molecule has 0 atom stereocenters. The molecule has 14 heavy (non-hydrogen) atoms. The molecule has 2 heteroatoms. The van der Waals surface area contributed by atoms with E-state index in [1.807, 2.05) is 38.1 Å². The number of para-hydroxylation sites is 1. The SMILES string of the molecule is C/C=C/C(=O)COc1ccccc1C. The fraction of sp³-hybridized carbons (Fsp3) is 0.250. The van der Waals surface area contributed by atoms with Crippen molar-refractivity contribution in [3.8, 4) is 5.75 Å². The molecule has 0 aromatic heterocycles. The number of carbonyl (C=O) groups excluding carboxylic acids is 1. The maximum atomic E-state index is 11.1. The third-order valence-corrected chi connectivity index (χ3v) is 1.82. The van der Waals surface area contributed by atoms with Gasteiger partial charge in [-0.1, -0.05) is 24.3 Å². The zero-order chi connectivity index (χ0) is 10.4. The van der Waals surface area contributed by atoms with Crippen molar-refractivity contribution in [2.45, 2.75) is 13.8 Å². The minimum atomic E-state index is -0.0178. The lowest BCUT2D eigenvalue weighted by Gasteiger charge is -2.06. The number of rotatable bonds is 4. The smallest absolute Gasteiger partial charge is 0.192 e. The molecule has 0 saturated carbocycles. The molecule has 0 aliphatic heterocycles. The van der Waals surface area contributed by atoms with Gasteiger partial charge in [0.1, 0.15) is 5.75 Å². The van der Waals surface area contributed by atoms with Crippen LogP contribution < -0.4 is 4.74 Å². The van der Waals surface area contributed by atoms with Crippen LogP contribution in [0.15, 0.2) is 36.4 Å². The van der Waals surface area contributed by atoms with E-state index in [0.717, 1.165) is 11.3 Å². The Morgan fingerprint density at radius 1 is 1.43 bits per heavy atom. The molecule has 1 aromatic rings. The summed E-state index contributed by atoms with van der Waals surface area (Å²) in [7, 11) is 0. The van der Waals surface area contributed by atoms with Crippen molar-refractivity contribution in [1.82, 2.24) is 0 Å². The van der Waals surface area contributed by atoms with Crippen LogP contribution in [0, 0.1) is 6.92 Å². The molecule has 0 unspecified atom stereocenters. The van der Waals surface area contributed by atoms with Gasteiger partial charge in [-0.2, -0.15) is 0 Å². The summed E-state index contributed by atoms with van der Waals surface area (Å²) >= 11 is 0. The topological polar surface area (TPSA) is 26.3 Å². The van der Waals surface area contributed by atoms with Crippen LogP contribution >= 0.6 is 0 Å². The molecule has 2 nitrogen and oxygen atoms in total. The summed E-state index contributed by atoms with van der Waals surface area (Å²) in [5, 5.41) is 0. The van der Waals surface area contributed by atoms with E-state index in [2.05, 4.69) is 0 Å². The molecule has 0 spiro atoms. The van der Waals surface area contributed by atoms with Gasteiger partial charge < -0.3 is 4.74 Å². The second-order valence-corrected chi connectivity index (χ2v) is 3.02. The molecular formula is C12H14O2. The number of hydrogen-bond donors (Lipinski definition) is 0. The van der Waals surface area contributed by atoms with Gasteiger partial charge >= 0.3 is 0 Å². The summed E-state index contributed by atoms with van der Waals surface area (Å²) < 4.78 is 5.35. The second-order valence-electron chi connectivity index (χ2n) is 3.02. The van der Waals surface area contributed by atoms with Crippen LogP contribution in [0.25, 0.3) is 0 Å². The quantitative estimate of drug-likeness (QED) is 0.682. The van der Waals surface area contributed by atoms with E-state index < -0.39 is 0 Å². The molecule has 0 aliphatic rings. The summed E-state index contributed by atoms with van der Waals surface area (Å²) in [6.45, 7) is 3.87. The van der Waals surface area contributed by atoms with Crippen molar-refractivity contribution >= 4 is 5.78 Å². The monoisotopic (exact) mass is 190 g/mol. The van der Waals surface area contributed by atoms with Crippen molar-refractivity contribution in [2.75, 3.05) is 6.61 Å². The van der Waals surface area contributed by atoms with Crippen LogP contribution in [0.3, 0.4) is 0 Å². The number of ether oxygens (including phenoxy) is 1. The Morgan fingerprint density at radius 3 is 2.79 bits per heavy atom. The Bertz CT molecular complexity index is 340. The molecule has 0 radical (unpaired) electrons. The number of aryl methyl sites for hydroxylation is 1. The molecule has 0 N–H and O–H groups in total. The number of allylic oxidation sites excluding steroid dienone is 1. The van der Waals surface area contributed by atoms with E-state index in [-0.39, 0.29) is 12.4 Å². The maximum Gasteiger partial charge on any atom is 0.192 e. The summed E-state index contributed by atoms with van der Waals surface area (Å²) in [6, 6.07) is 7.65. The minimum Gasteiger partial charge on any atom is -0.485 e. The van der Waals surface area contributed by atoms with Crippen LogP contribution in [0.5, 0.6) is 5.75 Å². The van der Waals surface area contributed by atoms with Gasteiger partial charge in [-0.05, 0) is 31.6 Å². The summed E-state index contributed by atoms with van der Waals surface area (Å²) in [4.78, 5) is 11.1. The molecule has 74 valence electrons. The number of benzene rings is 1. The van der Waals surface area contributed by atoms with Gasteiger partial charge in [0.25, 0.3) is 0 Å². The fourth-order valence-electron chi connectivity index (χ4n) is 1.10. The predicted octanol–water partition coefficient (Wildman–Crippen LogP) is 2.52. The van der Waals surface area contributed by atoms with E-state index in [0.29, 0.717) is 0 Å². The Hall–Kier alpha value is -1.57. The highest BCUT2D eigenvalue weighted by molar-refractivity contribution is 5.90. The van der Waals surface area contributed by atoms with Crippen LogP contribution in [-0.2, 0) is 4.79 Å². The first kappa shape index (κ1) is 10.5. The fourth-order valence-corrected chi connectivity index (χ4v) is 1.10. The third kappa shape index (κ3) is 3.05. The first-order valence-corrected chi connectivity index (χ1v) is 4.58. The first-order valence-electron chi connectivity index (χ1n) is 4.58. The summed E-state index contributed by atoms with van der Waals surface area (Å²) in [5.74, 6) is 0.751. The van der Waals surface area contributed by atoms with Crippen molar-refractivity contribution in [3.05, 3.63) is 42.0 Å². The van der Waals surface area contributed by atoms with Gasteiger partial charge in [0, 0.05) is 0 Å². The van der Waals surface area contributed by atoms with Gasteiger partial charge in [0.05, 0.1) is 0 Å². The lowest BCUT2D eigenvalue weighted by molar-refractivity contribution is -0.116. The largest absolute Gasteiger partial charge is 0.485 e. The summed E-state index contributed by atoms with van der Waals surface area (Å²) in [6.07, 6.45) is 3.22. The molecule has 1 rings (SSSR count). The van der Waals surface area contributed by atoms with Crippen LogP contribution in [-0.4, -0.2) is 12.4 Å². The average molecular weight is 190 g/mol. The Kier molecular flexibility index (Phi) is 3.92. The molecule has 1 aromatic carbocycles. The van der Waals surface area contributed by atoms with Gasteiger partial charge in [-0.25, -0.2) is 0 Å². The molecule has 0 bridgehead atoms. The van der Waals surface area contributed by atoms with E-state index in [9.17, 15) is 4.79 Å². The van der Waals surface area contributed by atoms with E-state index in [4.69, 9.17) is 4.74 Å². The third-order valence-electron chi connectivity index (χ3n) is 1.82. The second kappa shape index (κ2) is 5.22. The Balaban J connectivity index is 2.54. The van der Waals surface area contributed by atoms with Crippen molar-refractivity contribution in [3.63, 3.8) is 0 Å². The highest BCUT2D eigenvalue weighted by Gasteiger charge is 2.00. The predicted molar refractivity (Wildman–Crippen MR) is 56.5 cm³/mol. The number of carbonyl (C=O) groups is 1. The van der Waals surface area contributed by atoms with E-state index in [1.165, 1.54) is 6.08 Å². The molecule has 0 aliphatic carbocycles. The molecule has 0 amide bonds. The Morgan fingerprint density at radius 2 is 2.14 bits per heavy atom. The molecule has 0 fully saturated rings. The minimum absolute atomic E-state index is 0.0178. The zero-order valence-corrected chi connectivity index (χ0v) is 8.49. The van der Waals surface area contributed by atoms with Crippen LogP contribution in [0.4, 0.5) is 0 Å². The van der Waals surface area contributed by atoms with Crippen molar-refractivity contribution in [2.24, 2.45) is 0 Å². The van der Waals surface area contributed by atoms with Gasteiger partial charge in [-0.3, -0.25) is 4.79 Å². The van der Waals surface area contributed by atoms with Crippen LogP contribution in [0.1, 0.15) is 12.5 Å². The molecule has 0 saturated heterocycles. The maximum absolute atomic E-state index is 11.1. The van der Waals surface area contributed by atoms with E-state index in [1.54, 1.807) is 6.08 Å². The highest BCUT2D eigenvalue weighted by Crippen LogP contribution is 2.15. The van der Waals surface area contributed by atoms with Crippen LogP contribution in [0.2, 0.25) is 0 Å². The van der Waals surface area contributed by atoms with Gasteiger partial charge in [0.2, 0.25) is 0 Å². The zero-order valence-electron chi connectivity index (χ0n) is 8.49. The van der Waals surface area contributed by atoms with E-state index >= 15 is 0 Å². The Labute approximate surface area is 84.2 Å². The standard InChI is InChI=1S/C12H14O2/c1-3-6-11(13)9-14-12-8-5-4-7-10(12)2/h3-8H,9H2,1-2H3/b6-3+. The lowest BCUT2D eigenvalue weighted by Crippen LogP contribution is -2.08. The first-order chi connectivity index (χ1) is 6.74. The average Bonchev–Trinajstić information content (AvgIpc) is 2.17.